The van der Waals surface area contributed by atoms with E-state index in [0.29, 0.717) is 37.2 Å². The summed E-state index contributed by atoms with van der Waals surface area (Å²) in [5.41, 5.74) is 4.96. The lowest BCUT2D eigenvalue weighted by Crippen LogP contribution is -2.29. The fourth-order valence-corrected chi connectivity index (χ4v) is 7.11. The number of carbonyl (C=O) groups is 2. The monoisotopic (exact) mass is 623 g/mol. The number of amides is 1. The van der Waals surface area contributed by atoms with Crippen molar-refractivity contribution in [3.05, 3.63) is 110 Å². The average molecular weight is 625 g/mol. The van der Waals surface area contributed by atoms with Crippen LogP contribution in [0.3, 0.4) is 0 Å². The fraction of sp³-hybridized carbons (Fsp3) is 0.226. The first-order valence-corrected chi connectivity index (χ1v) is 15.5. The molecule has 1 saturated heterocycles. The molecule has 0 saturated carbocycles. The van der Waals surface area contributed by atoms with Gasteiger partial charge in [-0.3, -0.25) is 14.5 Å². The van der Waals surface area contributed by atoms with Crippen LogP contribution in [0.2, 0.25) is 10.0 Å². The number of aromatic nitrogens is 2. The first kappa shape index (κ1) is 29.3. The van der Waals surface area contributed by atoms with Crippen LogP contribution in [0.5, 0.6) is 0 Å². The van der Waals surface area contributed by atoms with Crippen molar-refractivity contribution in [1.82, 2.24) is 10.2 Å². The Morgan fingerprint density at radius 2 is 1.76 bits per heavy atom. The summed E-state index contributed by atoms with van der Waals surface area (Å²) in [6.07, 6.45) is 0. The number of nitrogens with zero attached hydrogens (tertiary/aromatic N) is 3. The van der Waals surface area contributed by atoms with Gasteiger partial charge in [0.1, 0.15) is 5.76 Å². The van der Waals surface area contributed by atoms with E-state index in [2.05, 4.69) is 24.0 Å². The molecule has 1 fully saturated rings. The van der Waals surface area contributed by atoms with Crippen LogP contribution in [-0.2, 0) is 15.3 Å². The van der Waals surface area contributed by atoms with Crippen LogP contribution in [0, 0.1) is 13.8 Å². The topological polar surface area (TPSA) is 83.4 Å². The minimum atomic E-state index is -0.868. The smallest absolute Gasteiger partial charge is 0.301 e. The number of aryl methyl sites for hydroxylation is 2. The van der Waals surface area contributed by atoms with Crippen LogP contribution in [-0.4, -0.2) is 27.0 Å². The van der Waals surface area contributed by atoms with Gasteiger partial charge in [-0.2, -0.15) is 0 Å². The summed E-state index contributed by atoms with van der Waals surface area (Å²) in [5.74, 6) is -0.901. The van der Waals surface area contributed by atoms with Gasteiger partial charge in [0.05, 0.1) is 11.6 Å². The van der Waals surface area contributed by atoms with E-state index < -0.39 is 17.7 Å². The second-order valence-electron chi connectivity index (χ2n) is 10.2. The van der Waals surface area contributed by atoms with E-state index in [-0.39, 0.29) is 16.5 Å². The van der Waals surface area contributed by atoms with Gasteiger partial charge in [-0.15, -0.1) is 10.2 Å². The second-order valence-corrected chi connectivity index (χ2v) is 13.2. The number of thioether (sulfide) groups is 1. The highest BCUT2D eigenvalue weighted by molar-refractivity contribution is 8.00. The van der Waals surface area contributed by atoms with Gasteiger partial charge in [-0.05, 0) is 60.2 Å². The van der Waals surface area contributed by atoms with Crippen molar-refractivity contribution in [1.29, 1.82) is 0 Å². The zero-order valence-corrected chi connectivity index (χ0v) is 26.0. The second kappa shape index (κ2) is 12.0. The number of Topliss-reactive ketones (excluding diaryl/α,β-unsaturated/α-hetero) is 1. The summed E-state index contributed by atoms with van der Waals surface area (Å²) in [6.45, 7) is 7.96. The molecule has 1 atom stereocenters. The summed E-state index contributed by atoms with van der Waals surface area (Å²) >= 11 is 15.0. The first-order chi connectivity index (χ1) is 19.5. The number of hydrogen-bond donors (Lipinski definition) is 1. The molecule has 1 unspecified atom stereocenters. The van der Waals surface area contributed by atoms with Gasteiger partial charge < -0.3 is 5.11 Å². The maximum Gasteiger partial charge on any atom is 0.301 e. The fourth-order valence-electron chi connectivity index (χ4n) is 4.68. The molecular formula is C31H27Cl2N3O3S2. The lowest BCUT2D eigenvalue weighted by molar-refractivity contribution is -0.132. The average Bonchev–Trinajstić information content (AvgIpc) is 3.51. The number of hydrogen-bond acceptors (Lipinski definition) is 7. The summed E-state index contributed by atoms with van der Waals surface area (Å²) in [5, 5.41) is 21.5. The van der Waals surface area contributed by atoms with Crippen LogP contribution in [0.25, 0.3) is 5.76 Å². The maximum absolute atomic E-state index is 13.6. The zero-order valence-electron chi connectivity index (χ0n) is 22.8. The quantitative estimate of drug-likeness (QED) is 0.0730. The van der Waals surface area contributed by atoms with Gasteiger partial charge in [-0.25, -0.2) is 0 Å². The highest BCUT2D eigenvalue weighted by atomic mass is 35.5. The Bertz CT molecular complexity index is 1680. The third-order valence-corrected chi connectivity index (χ3v) is 9.67. The minimum absolute atomic E-state index is 0.0262. The Hall–Kier alpha value is -3.17. The van der Waals surface area contributed by atoms with E-state index in [9.17, 15) is 14.7 Å². The molecule has 1 N–H and O–H groups in total. The van der Waals surface area contributed by atoms with Crippen molar-refractivity contribution in [3.8, 4) is 0 Å². The standard InChI is InChI=1S/C31H27Cl2N3O3S2/c1-16(2)19-7-9-20(10-8-19)26-25(27(37)23-13-17(3)5-6-18(23)4)28(38)29(39)36(26)30-34-35-31(41-30)40-15-21-11-12-22(32)14-24(21)33/h5-14,16,26,37H,15H2,1-4H3/b27-25+. The lowest BCUT2D eigenvalue weighted by Gasteiger charge is -2.23. The van der Waals surface area contributed by atoms with E-state index >= 15 is 0 Å². The highest BCUT2D eigenvalue weighted by Gasteiger charge is 2.48. The number of aliphatic hydroxyl groups is 1. The Kier molecular flexibility index (Phi) is 8.57. The molecule has 0 radical (unpaired) electrons. The molecular weight excluding hydrogens is 597 g/mol. The molecule has 6 nitrogen and oxygen atoms in total. The van der Waals surface area contributed by atoms with Crippen LogP contribution in [0.1, 0.15) is 59.2 Å². The van der Waals surface area contributed by atoms with Crippen LogP contribution < -0.4 is 4.90 Å². The number of ketones is 1. The Balaban J connectivity index is 1.56. The van der Waals surface area contributed by atoms with Crippen LogP contribution >= 0.6 is 46.3 Å². The molecule has 0 bridgehead atoms. The van der Waals surface area contributed by atoms with Crippen molar-refractivity contribution in [2.24, 2.45) is 0 Å². The van der Waals surface area contributed by atoms with Gasteiger partial charge in [0, 0.05) is 21.4 Å². The number of aliphatic hydroxyl groups excluding tert-OH is 1. The van der Waals surface area contributed by atoms with E-state index in [4.69, 9.17) is 23.2 Å². The van der Waals surface area contributed by atoms with Crippen molar-refractivity contribution in [2.75, 3.05) is 4.90 Å². The maximum atomic E-state index is 13.6. The first-order valence-electron chi connectivity index (χ1n) is 12.9. The Labute approximate surface area is 257 Å². The molecule has 4 aromatic rings. The van der Waals surface area contributed by atoms with E-state index in [1.165, 1.54) is 28.0 Å². The molecule has 3 aromatic carbocycles. The largest absolute Gasteiger partial charge is 0.507 e. The lowest BCUT2D eigenvalue weighted by atomic mass is 9.92. The Morgan fingerprint density at radius 1 is 1.02 bits per heavy atom. The van der Waals surface area contributed by atoms with Crippen LogP contribution in [0.4, 0.5) is 5.13 Å². The summed E-state index contributed by atoms with van der Waals surface area (Å²) in [6, 6.07) is 17.8. The van der Waals surface area contributed by atoms with Gasteiger partial charge in [-0.1, -0.05) is 108 Å². The number of anilines is 1. The molecule has 5 rings (SSSR count). The SMILES string of the molecule is Cc1ccc(C)c(/C(O)=C2\C(=O)C(=O)N(c3nnc(SCc4ccc(Cl)cc4Cl)s3)C2c2ccc(C(C)C)cc2)c1. The van der Waals surface area contributed by atoms with Crippen molar-refractivity contribution in [3.63, 3.8) is 0 Å². The molecule has 2 heterocycles. The van der Waals surface area contributed by atoms with E-state index in [1.54, 1.807) is 12.1 Å². The molecule has 0 aliphatic carbocycles. The molecule has 1 aliphatic rings. The van der Waals surface area contributed by atoms with Crippen molar-refractivity contribution >= 4 is 68.9 Å². The van der Waals surface area contributed by atoms with E-state index in [1.807, 2.05) is 62.4 Å². The molecule has 1 aromatic heterocycles. The van der Waals surface area contributed by atoms with E-state index in [0.717, 1.165) is 22.3 Å². The van der Waals surface area contributed by atoms with Crippen molar-refractivity contribution in [2.45, 2.75) is 49.7 Å². The van der Waals surface area contributed by atoms with Gasteiger partial charge in [0.2, 0.25) is 5.13 Å². The summed E-state index contributed by atoms with van der Waals surface area (Å²) in [4.78, 5) is 28.5. The Morgan fingerprint density at radius 3 is 2.44 bits per heavy atom. The highest BCUT2D eigenvalue weighted by Crippen LogP contribution is 2.44. The predicted molar refractivity (Wildman–Crippen MR) is 167 cm³/mol. The molecule has 210 valence electrons. The normalized spacial score (nSPS) is 16.7. The summed E-state index contributed by atoms with van der Waals surface area (Å²) < 4.78 is 0.608. The molecule has 1 aliphatic heterocycles. The molecule has 1 amide bonds. The predicted octanol–water partition coefficient (Wildman–Crippen LogP) is 8.50. The molecule has 10 heteroatoms. The van der Waals surface area contributed by atoms with Crippen LogP contribution in [0.15, 0.2) is 70.6 Å². The molecule has 41 heavy (non-hydrogen) atoms. The van der Waals surface area contributed by atoms with Crippen molar-refractivity contribution < 1.29 is 14.7 Å². The third kappa shape index (κ3) is 5.93. The third-order valence-electron chi connectivity index (χ3n) is 6.98. The number of halogens is 2. The number of carbonyl (C=O) groups excluding carboxylic acids is 2. The number of rotatable bonds is 7. The van der Waals surface area contributed by atoms with Gasteiger partial charge >= 0.3 is 5.91 Å². The number of benzene rings is 3. The van der Waals surface area contributed by atoms with Gasteiger partial charge in [0.25, 0.3) is 5.78 Å². The molecule has 0 spiro atoms. The zero-order chi connectivity index (χ0) is 29.4. The minimum Gasteiger partial charge on any atom is -0.507 e. The summed E-state index contributed by atoms with van der Waals surface area (Å²) in [7, 11) is 0. The van der Waals surface area contributed by atoms with Gasteiger partial charge in [0.15, 0.2) is 4.34 Å².